The van der Waals surface area contributed by atoms with Crippen molar-refractivity contribution in [3.05, 3.63) is 35.9 Å². The molecule has 1 aliphatic rings. The molecule has 6 heteroatoms. The Hall–Kier alpha value is -2.08. The van der Waals surface area contributed by atoms with Crippen molar-refractivity contribution in [2.75, 3.05) is 46.4 Å². The SMILES string of the molecule is CCNC(=NCCCCC(=O)OC)N1CCN(Cc2ccccc2)CC1. The Morgan fingerprint density at radius 2 is 1.88 bits per heavy atom. The first-order valence-corrected chi connectivity index (χ1v) is 9.59. The zero-order valence-electron chi connectivity index (χ0n) is 16.1. The minimum absolute atomic E-state index is 0.143. The Bertz CT molecular complexity index is 554. The number of ether oxygens (including phenoxy) is 1. The van der Waals surface area contributed by atoms with Crippen LogP contribution in [-0.2, 0) is 16.1 Å². The Balaban J connectivity index is 1.75. The fraction of sp³-hybridized carbons (Fsp3) is 0.600. The van der Waals surface area contributed by atoms with Gasteiger partial charge in [0.1, 0.15) is 0 Å². The van der Waals surface area contributed by atoms with Crippen LogP contribution in [0.2, 0.25) is 0 Å². The molecule has 0 saturated carbocycles. The summed E-state index contributed by atoms with van der Waals surface area (Å²) in [6, 6.07) is 10.6. The highest BCUT2D eigenvalue weighted by Gasteiger charge is 2.19. The van der Waals surface area contributed by atoms with Crippen molar-refractivity contribution >= 4 is 11.9 Å². The number of esters is 1. The van der Waals surface area contributed by atoms with Gasteiger partial charge in [0.15, 0.2) is 5.96 Å². The van der Waals surface area contributed by atoms with Crippen molar-refractivity contribution < 1.29 is 9.53 Å². The van der Waals surface area contributed by atoms with Gasteiger partial charge in [0.25, 0.3) is 0 Å². The van der Waals surface area contributed by atoms with Gasteiger partial charge in [-0.3, -0.25) is 14.7 Å². The normalized spacial score (nSPS) is 15.8. The average Bonchev–Trinajstić information content (AvgIpc) is 2.68. The number of nitrogens with zero attached hydrogens (tertiary/aromatic N) is 3. The maximum atomic E-state index is 11.1. The maximum Gasteiger partial charge on any atom is 0.305 e. The lowest BCUT2D eigenvalue weighted by molar-refractivity contribution is -0.140. The number of guanidine groups is 1. The number of methoxy groups -OCH3 is 1. The predicted molar refractivity (Wildman–Crippen MR) is 105 cm³/mol. The van der Waals surface area contributed by atoms with E-state index in [2.05, 4.69) is 57.1 Å². The lowest BCUT2D eigenvalue weighted by atomic mass is 10.2. The molecule has 0 atom stereocenters. The number of carbonyl (C=O) groups excluding carboxylic acids is 1. The van der Waals surface area contributed by atoms with E-state index in [1.165, 1.54) is 12.7 Å². The molecule has 0 bridgehead atoms. The van der Waals surface area contributed by atoms with Crippen molar-refractivity contribution in [3.8, 4) is 0 Å². The molecule has 0 radical (unpaired) electrons. The van der Waals surface area contributed by atoms with Crippen LogP contribution in [0.3, 0.4) is 0 Å². The summed E-state index contributed by atoms with van der Waals surface area (Å²) in [4.78, 5) is 20.7. The summed E-state index contributed by atoms with van der Waals surface area (Å²) < 4.78 is 4.66. The highest BCUT2D eigenvalue weighted by Crippen LogP contribution is 2.09. The molecule has 26 heavy (non-hydrogen) atoms. The van der Waals surface area contributed by atoms with Crippen LogP contribution in [0.15, 0.2) is 35.3 Å². The number of hydrogen-bond acceptors (Lipinski definition) is 4. The summed E-state index contributed by atoms with van der Waals surface area (Å²) in [5.41, 5.74) is 1.37. The second-order valence-corrected chi connectivity index (χ2v) is 6.52. The first kappa shape index (κ1) is 20.2. The molecule has 1 aromatic rings. The van der Waals surface area contributed by atoms with Gasteiger partial charge in [-0.15, -0.1) is 0 Å². The van der Waals surface area contributed by atoms with Crippen LogP contribution in [0.4, 0.5) is 0 Å². The van der Waals surface area contributed by atoms with Crippen LogP contribution < -0.4 is 5.32 Å². The maximum absolute atomic E-state index is 11.1. The summed E-state index contributed by atoms with van der Waals surface area (Å²) in [5.74, 6) is 0.848. The van der Waals surface area contributed by atoms with E-state index >= 15 is 0 Å². The third-order valence-corrected chi connectivity index (χ3v) is 4.53. The monoisotopic (exact) mass is 360 g/mol. The molecule has 144 valence electrons. The van der Waals surface area contributed by atoms with Gasteiger partial charge in [0.05, 0.1) is 7.11 Å². The van der Waals surface area contributed by atoms with Crippen LogP contribution >= 0.6 is 0 Å². The Morgan fingerprint density at radius 3 is 2.54 bits per heavy atom. The van der Waals surface area contributed by atoms with Crippen LogP contribution in [0.1, 0.15) is 31.7 Å². The van der Waals surface area contributed by atoms with Gasteiger partial charge < -0.3 is 15.0 Å². The summed E-state index contributed by atoms with van der Waals surface area (Å²) in [6.07, 6.45) is 2.19. The van der Waals surface area contributed by atoms with E-state index in [-0.39, 0.29) is 5.97 Å². The second kappa shape index (κ2) is 11.5. The Morgan fingerprint density at radius 1 is 1.15 bits per heavy atom. The number of nitrogens with one attached hydrogen (secondary N) is 1. The molecule has 0 aliphatic carbocycles. The van der Waals surface area contributed by atoms with Gasteiger partial charge in [-0.1, -0.05) is 30.3 Å². The highest BCUT2D eigenvalue weighted by molar-refractivity contribution is 5.80. The van der Waals surface area contributed by atoms with Crippen molar-refractivity contribution in [2.45, 2.75) is 32.7 Å². The number of hydrogen-bond donors (Lipinski definition) is 1. The first-order chi connectivity index (χ1) is 12.7. The van der Waals surface area contributed by atoms with E-state index in [1.807, 2.05) is 0 Å². The summed E-state index contributed by atoms with van der Waals surface area (Å²) in [5, 5.41) is 3.39. The van der Waals surface area contributed by atoms with Crippen LogP contribution in [-0.4, -0.2) is 68.1 Å². The third-order valence-electron chi connectivity index (χ3n) is 4.53. The molecule has 1 saturated heterocycles. The number of benzene rings is 1. The van der Waals surface area contributed by atoms with E-state index in [4.69, 9.17) is 4.99 Å². The minimum Gasteiger partial charge on any atom is -0.469 e. The van der Waals surface area contributed by atoms with Crippen LogP contribution in [0.5, 0.6) is 0 Å². The number of aliphatic imine (C=N–C) groups is 1. The van der Waals surface area contributed by atoms with Gasteiger partial charge in [-0.25, -0.2) is 0 Å². The third kappa shape index (κ3) is 7.04. The summed E-state index contributed by atoms with van der Waals surface area (Å²) in [6.45, 7) is 8.77. The Kier molecular flexibility index (Phi) is 8.96. The lowest BCUT2D eigenvalue weighted by Gasteiger charge is -2.36. The van der Waals surface area contributed by atoms with Gasteiger partial charge >= 0.3 is 5.97 Å². The molecule has 0 unspecified atom stereocenters. The van der Waals surface area contributed by atoms with E-state index in [1.54, 1.807) is 0 Å². The molecule has 1 fully saturated rings. The molecule has 1 aromatic carbocycles. The summed E-state index contributed by atoms with van der Waals surface area (Å²) >= 11 is 0. The molecular formula is C20H32N4O2. The zero-order valence-corrected chi connectivity index (χ0v) is 16.1. The standard InChI is InChI=1S/C20H32N4O2/c1-3-21-20(22-12-8-7-11-19(25)26-2)24-15-13-23(14-16-24)17-18-9-5-4-6-10-18/h4-6,9-10H,3,7-8,11-17H2,1-2H3,(H,21,22). The van der Waals surface area contributed by atoms with Crippen molar-refractivity contribution in [3.63, 3.8) is 0 Å². The van der Waals surface area contributed by atoms with E-state index in [9.17, 15) is 4.79 Å². The van der Waals surface area contributed by atoms with Crippen LogP contribution in [0.25, 0.3) is 0 Å². The predicted octanol–water partition coefficient (Wildman–Crippen LogP) is 2.11. The fourth-order valence-electron chi connectivity index (χ4n) is 3.05. The molecule has 0 amide bonds. The van der Waals surface area contributed by atoms with E-state index in [0.717, 1.165) is 64.6 Å². The van der Waals surface area contributed by atoms with E-state index in [0.29, 0.717) is 6.42 Å². The number of piperazine rings is 1. The number of carbonyl (C=O) groups is 1. The van der Waals surface area contributed by atoms with Crippen molar-refractivity contribution in [1.29, 1.82) is 0 Å². The molecule has 1 N–H and O–H groups in total. The zero-order chi connectivity index (χ0) is 18.6. The van der Waals surface area contributed by atoms with Gasteiger partial charge in [-0.2, -0.15) is 0 Å². The summed E-state index contributed by atoms with van der Waals surface area (Å²) in [7, 11) is 1.43. The molecule has 0 aromatic heterocycles. The smallest absolute Gasteiger partial charge is 0.305 e. The van der Waals surface area contributed by atoms with Crippen molar-refractivity contribution in [2.24, 2.45) is 4.99 Å². The molecular weight excluding hydrogens is 328 g/mol. The minimum atomic E-state index is -0.143. The molecule has 1 heterocycles. The quantitative estimate of drug-likeness (QED) is 0.333. The van der Waals surface area contributed by atoms with Gasteiger partial charge in [-0.05, 0) is 25.3 Å². The number of unbranched alkanes of at least 4 members (excludes halogenated alkanes) is 1. The Labute approximate surface area is 157 Å². The first-order valence-electron chi connectivity index (χ1n) is 9.59. The molecule has 0 spiro atoms. The number of rotatable bonds is 8. The lowest BCUT2D eigenvalue weighted by Crippen LogP contribution is -2.52. The van der Waals surface area contributed by atoms with Crippen LogP contribution in [0, 0.1) is 0 Å². The largest absolute Gasteiger partial charge is 0.469 e. The van der Waals surface area contributed by atoms with E-state index < -0.39 is 0 Å². The van der Waals surface area contributed by atoms with Gasteiger partial charge in [0.2, 0.25) is 0 Å². The highest BCUT2D eigenvalue weighted by atomic mass is 16.5. The molecule has 2 rings (SSSR count). The topological polar surface area (TPSA) is 57.2 Å². The molecule has 1 aliphatic heterocycles. The second-order valence-electron chi connectivity index (χ2n) is 6.52. The molecule has 6 nitrogen and oxygen atoms in total. The fourth-order valence-corrected chi connectivity index (χ4v) is 3.05. The average molecular weight is 361 g/mol. The van der Waals surface area contributed by atoms with Crippen molar-refractivity contribution in [1.82, 2.24) is 15.1 Å². The van der Waals surface area contributed by atoms with Gasteiger partial charge in [0, 0.05) is 52.2 Å².